The minimum Gasteiger partial charge on any atom is -0.386 e. The number of halogens is 2. The third kappa shape index (κ3) is 3.47. The van der Waals surface area contributed by atoms with Gasteiger partial charge in [0.1, 0.15) is 11.9 Å². The van der Waals surface area contributed by atoms with Crippen LogP contribution in [0.15, 0.2) is 12.4 Å². The quantitative estimate of drug-likeness (QED) is 0.619. The van der Waals surface area contributed by atoms with Crippen LogP contribution in [0.25, 0.3) is 0 Å². The van der Waals surface area contributed by atoms with E-state index in [2.05, 4.69) is 15.3 Å². The van der Waals surface area contributed by atoms with Gasteiger partial charge in [0.2, 0.25) is 0 Å². The van der Waals surface area contributed by atoms with Gasteiger partial charge >= 0.3 is 0 Å². The van der Waals surface area contributed by atoms with Crippen molar-refractivity contribution in [3.8, 4) is 0 Å². The molecule has 0 spiro atoms. The Morgan fingerprint density at radius 2 is 2.38 bits per heavy atom. The zero-order valence-electron chi connectivity index (χ0n) is 6.87. The molecule has 0 aliphatic carbocycles. The standard InChI is InChI=1S/C7H11F2N3O/c8-7(9)5(13)3-10-4-6-11-1-2-12-6/h1-2,5,7,10,13H,3-4H2,(H,11,12). The first kappa shape index (κ1) is 10.1. The van der Waals surface area contributed by atoms with Crippen molar-refractivity contribution in [2.45, 2.75) is 19.1 Å². The minimum absolute atomic E-state index is 0.141. The Hall–Kier alpha value is -1.01. The molecule has 1 unspecified atom stereocenters. The molecule has 1 aromatic rings. The van der Waals surface area contributed by atoms with Gasteiger partial charge in [0, 0.05) is 18.9 Å². The second-order valence-electron chi connectivity index (χ2n) is 2.57. The van der Waals surface area contributed by atoms with Gasteiger partial charge in [0.05, 0.1) is 6.54 Å². The average Bonchev–Trinajstić information content (AvgIpc) is 2.56. The van der Waals surface area contributed by atoms with Crippen LogP contribution >= 0.6 is 0 Å². The van der Waals surface area contributed by atoms with E-state index in [-0.39, 0.29) is 6.54 Å². The summed E-state index contributed by atoms with van der Waals surface area (Å²) in [7, 11) is 0. The first-order valence-electron chi connectivity index (χ1n) is 3.85. The Kier molecular flexibility index (Phi) is 3.78. The van der Waals surface area contributed by atoms with Gasteiger partial charge in [-0.25, -0.2) is 13.8 Å². The highest BCUT2D eigenvalue weighted by Crippen LogP contribution is 1.98. The monoisotopic (exact) mass is 191 g/mol. The number of nitrogens with zero attached hydrogens (tertiary/aromatic N) is 1. The molecule has 3 N–H and O–H groups in total. The Morgan fingerprint density at radius 1 is 1.62 bits per heavy atom. The smallest absolute Gasteiger partial charge is 0.265 e. The maximum Gasteiger partial charge on any atom is 0.265 e. The molecule has 1 aromatic heterocycles. The van der Waals surface area contributed by atoms with Gasteiger partial charge in [-0.15, -0.1) is 0 Å². The molecule has 74 valence electrons. The zero-order chi connectivity index (χ0) is 9.68. The van der Waals surface area contributed by atoms with Crippen LogP contribution in [0.2, 0.25) is 0 Å². The molecule has 0 saturated heterocycles. The number of rotatable bonds is 5. The van der Waals surface area contributed by atoms with Crippen molar-refractivity contribution >= 4 is 0 Å². The van der Waals surface area contributed by atoms with E-state index in [9.17, 15) is 8.78 Å². The van der Waals surface area contributed by atoms with Crippen LogP contribution in [0.1, 0.15) is 5.82 Å². The van der Waals surface area contributed by atoms with Gasteiger partial charge in [-0.3, -0.25) is 0 Å². The fourth-order valence-corrected chi connectivity index (χ4v) is 0.822. The molecule has 1 heterocycles. The number of aliphatic hydroxyl groups is 1. The van der Waals surface area contributed by atoms with E-state index >= 15 is 0 Å². The topological polar surface area (TPSA) is 60.9 Å². The van der Waals surface area contributed by atoms with Crippen LogP contribution in [0, 0.1) is 0 Å². The summed E-state index contributed by atoms with van der Waals surface area (Å²) in [6.45, 7) is 0.204. The van der Waals surface area contributed by atoms with Crippen molar-refractivity contribution in [2.75, 3.05) is 6.54 Å². The molecule has 13 heavy (non-hydrogen) atoms. The van der Waals surface area contributed by atoms with Gasteiger partial charge in [-0.2, -0.15) is 0 Å². The van der Waals surface area contributed by atoms with Crippen LogP contribution in [0.5, 0.6) is 0 Å². The number of aliphatic hydroxyl groups excluding tert-OH is 1. The molecule has 0 aromatic carbocycles. The summed E-state index contributed by atoms with van der Waals surface area (Å²) < 4.78 is 23.6. The van der Waals surface area contributed by atoms with E-state index in [0.29, 0.717) is 12.4 Å². The highest BCUT2D eigenvalue weighted by atomic mass is 19.3. The fourth-order valence-electron chi connectivity index (χ4n) is 0.822. The number of aromatic amines is 1. The Labute approximate surface area is 74.0 Å². The molecule has 0 aliphatic rings. The molecule has 4 nitrogen and oxygen atoms in total. The molecule has 1 atom stereocenters. The molecule has 6 heteroatoms. The Morgan fingerprint density at radius 3 is 2.92 bits per heavy atom. The molecule has 0 saturated carbocycles. The minimum atomic E-state index is -2.70. The Balaban J connectivity index is 2.14. The van der Waals surface area contributed by atoms with E-state index in [0.717, 1.165) is 0 Å². The Bertz CT molecular complexity index is 228. The van der Waals surface area contributed by atoms with Gasteiger partial charge < -0.3 is 15.4 Å². The maximum atomic E-state index is 11.8. The van der Waals surface area contributed by atoms with E-state index in [1.165, 1.54) is 0 Å². The molecular weight excluding hydrogens is 180 g/mol. The first-order valence-corrected chi connectivity index (χ1v) is 3.85. The number of nitrogens with one attached hydrogen (secondary N) is 2. The van der Waals surface area contributed by atoms with Gasteiger partial charge in [-0.1, -0.05) is 0 Å². The number of alkyl halides is 2. The second kappa shape index (κ2) is 4.88. The molecule has 0 fully saturated rings. The average molecular weight is 191 g/mol. The number of imidazole rings is 1. The summed E-state index contributed by atoms with van der Waals surface area (Å²) >= 11 is 0. The van der Waals surface area contributed by atoms with E-state index in [1.807, 2.05) is 0 Å². The van der Waals surface area contributed by atoms with Crippen LogP contribution < -0.4 is 5.32 Å². The third-order valence-electron chi connectivity index (χ3n) is 1.49. The van der Waals surface area contributed by atoms with Crippen LogP contribution in [-0.4, -0.2) is 34.1 Å². The molecule has 0 aliphatic heterocycles. The summed E-state index contributed by atoms with van der Waals surface area (Å²) in [6, 6.07) is 0. The fraction of sp³-hybridized carbons (Fsp3) is 0.571. The van der Waals surface area contributed by atoms with Crippen molar-refractivity contribution in [3.63, 3.8) is 0 Å². The summed E-state index contributed by atoms with van der Waals surface area (Å²) in [5.41, 5.74) is 0. The second-order valence-corrected chi connectivity index (χ2v) is 2.57. The lowest BCUT2D eigenvalue weighted by Gasteiger charge is -2.09. The highest BCUT2D eigenvalue weighted by molar-refractivity contribution is 4.86. The van der Waals surface area contributed by atoms with Crippen molar-refractivity contribution in [3.05, 3.63) is 18.2 Å². The zero-order valence-corrected chi connectivity index (χ0v) is 6.87. The predicted octanol–water partition coefficient (Wildman–Crippen LogP) is 0.125. The van der Waals surface area contributed by atoms with E-state index < -0.39 is 12.5 Å². The lowest BCUT2D eigenvalue weighted by molar-refractivity contribution is -0.00347. The van der Waals surface area contributed by atoms with Crippen LogP contribution in [-0.2, 0) is 6.54 Å². The molecular formula is C7H11F2N3O. The predicted molar refractivity (Wildman–Crippen MR) is 42.3 cm³/mol. The lowest BCUT2D eigenvalue weighted by atomic mass is 10.3. The SMILES string of the molecule is OC(CNCc1ncc[nH]1)C(F)F. The lowest BCUT2D eigenvalue weighted by Crippen LogP contribution is -2.31. The molecule has 0 amide bonds. The number of hydrogen-bond donors (Lipinski definition) is 3. The van der Waals surface area contributed by atoms with E-state index in [4.69, 9.17) is 5.11 Å². The van der Waals surface area contributed by atoms with Crippen molar-refractivity contribution in [1.29, 1.82) is 0 Å². The van der Waals surface area contributed by atoms with E-state index in [1.54, 1.807) is 12.4 Å². The summed E-state index contributed by atoms with van der Waals surface area (Å²) in [5.74, 6) is 0.654. The summed E-state index contributed by atoms with van der Waals surface area (Å²) in [6.07, 6.45) is -1.11. The first-order chi connectivity index (χ1) is 6.20. The maximum absolute atomic E-state index is 11.8. The van der Waals surface area contributed by atoms with Crippen LogP contribution in [0.4, 0.5) is 8.78 Å². The number of hydrogen-bond acceptors (Lipinski definition) is 3. The summed E-state index contributed by atoms with van der Waals surface area (Å²) in [5, 5.41) is 11.4. The van der Waals surface area contributed by atoms with Crippen molar-refractivity contribution < 1.29 is 13.9 Å². The highest BCUT2D eigenvalue weighted by Gasteiger charge is 2.15. The third-order valence-corrected chi connectivity index (χ3v) is 1.49. The molecule has 1 rings (SSSR count). The largest absolute Gasteiger partial charge is 0.386 e. The number of aromatic nitrogens is 2. The van der Waals surface area contributed by atoms with Gasteiger partial charge in [0.15, 0.2) is 0 Å². The molecule has 0 bridgehead atoms. The molecule has 0 radical (unpaired) electrons. The normalized spacial score (nSPS) is 13.5. The van der Waals surface area contributed by atoms with Crippen molar-refractivity contribution in [2.24, 2.45) is 0 Å². The van der Waals surface area contributed by atoms with Gasteiger partial charge in [-0.05, 0) is 0 Å². The van der Waals surface area contributed by atoms with Gasteiger partial charge in [0.25, 0.3) is 6.43 Å². The summed E-state index contributed by atoms with van der Waals surface area (Å²) in [4.78, 5) is 6.67. The number of H-pyrrole nitrogens is 1. The van der Waals surface area contributed by atoms with Crippen LogP contribution in [0.3, 0.4) is 0 Å². The van der Waals surface area contributed by atoms with Crippen molar-refractivity contribution in [1.82, 2.24) is 15.3 Å².